The van der Waals surface area contributed by atoms with Gasteiger partial charge in [0, 0.05) is 6.61 Å². The third-order valence-corrected chi connectivity index (χ3v) is 0.474. The SMILES string of the molecule is CC(C)(C)CO.O=[PH](O)O. The van der Waals surface area contributed by atoms with Crippen LogP contribution in [-0.2, 0) is 4.57 Å². The van der Waals surface area contributed by atoms with Crippen molar-refractivity contribution < 1.29 is 19.5 Å². The Morgan fingerprint density at radius 2 is 1.40 bits per heavy atom. The molecule has 0 heterocycles. The van der Waals surface area contributed by atoms with Gasteiger partial charge in [-0.05, 0) is 5.41 Å². The molecule has 0 saturated carbocycles. The van der Waals surface area contributed by atoms with Crippen LogP contribution < -0.4 is 0 Å². The van der Waals surface area contributed by atoms with Gasteiger partial charge >= 0.3 is 8.25 Å². The van der Waals surface area contributed by atoms with Crippen LogP contribution in [0.2, 0.25) is 0 Å². The Morgan fingerprint density at radius 3 is 1.40 bits per heavy atom. The summed E-state index contributed by atoms with van der Waals surface area (Å²) in [6.45, 7) is 6.25. The van der Waals surface area contributed by atoms with Crippen molar-refractivity contribution in [2.75, 3.05) is 6.61 Å². The minimum atomic E-state index is -3.13. The Morgan fingerprint density at radius 1 is 1.30 bits per heavy atom. The van der Waals surface area contributed by atoms with Gasteiger partial charge < -0.3 is 14.9 Å². The summed E-state index contributed by atoms with van der Waals surface area (Å²) in [5, 5.41) is 8.40. The first kappa shape index (κ1) is 12.8. The molecule has 0 amide bonds. The third kappa shape index (κ3) is 42.4. The second kappa shape index (κ2) is 5.86. The van der Waals surface area contributed by atoms with Crippen molar-refractivity contribution in [3.63, 3.8) is 0 Å². The highest BCUT2D eigenvalue weighted by Crippen LogP contribution is 2.09. The summed E-state index contributed by atoms with van der Waals surface area (Å²) in [5.41, 5.74) is 0.0972. The van der Waals surface area contributed by atoms with E-state index in [1.54, 1.807) is 0 Å². The maximum Gasteiger partial charge on any atom is 0.314 e. The van der Waals surface area contributed by atoms with Gasteiger partial charge in [-0.1, -0.05) is 20.8 Å². The first-order valence-corrected chi connectivity index (χ1v) is 4.12. The highest BCUT2D eigenvalue weighted by Gasteiger charge is 2.05. The number of aliphatic hydroxyl groups is 1. The minimum absolute atomic E-state index is 0.0972. The van der Waals surface area contributed by atoms with Crippen molar-refractivity contribution >= 4 is 8.25 Å². The molecular formula is C5H15O4P. The Bertz CT molecular complexity index is 92.3. The van der Waals surface area contributed by atoms with Crippen LogP contribution in [0.3, 0.4) is 0 Å². The molecule has 0 radical (unpaired) electrons. The van der Waals surface area contributed by atoms with Crippen molar-refractivity contribution in [1.82, 2.24) is 0 Å². The van der Waals surface area contributed by atoms with Gasteiger partial charge in [0.25, 0.3) is 0 Å². The molecule has 0 atom stereocenters. The Balaban J connectivity index is 0. The zero-order chi connectivity index (χ0) is 8.78. The van der Waals surface area contributed by atoms with Gasteiger partial charge in [-0.3, -0.25) is 4.57 Å². The molecule has 64 valence electrons. The fourth-order valence-electron chi connectivity index (χ4n) is 0. The lowest BCUT2D eigenvalue weighted by molar-refractivity contribution is 0.177. The van der Waals surface area contributed by atoms with Crippen LogP contribution in [0.25, 0.3) is 0 Å². The van der Waals surface area contributed by atoms with Crippen molar-refractivity contribution in [2.45, 2.75) is 20.8 Å². The first-order chi connectivity index (χ1) is 4.29. The Labute approximate surface area is 61.5 Å². The van der Waals surface area contributed by atoms with Crippen LogP contribution >= 0.6 is 8.25 Å². The second-order valence-electron chi connectivity index (χ2n) is 3.00. The molecule has 0 aromatic rings. The predicted molar refractivity (Wildman–Crippen MR) is 40.0 cm³/mol. The zero-order valence-electron chi connectivity index (χ0n) is 6.46. The largest absolute Gasteiger partial charge is 0.396 e. The Kier molecular flexibility index (Phi) is 7.48. The smallest absolute Gasteiger partial charge is 0.314 e. The van der Waals surface area contributed by atoms with Crippen molar-refractivity contribution in [2.24, 2.45) is 5.41 Å². The van der Waals surface area contributed by atoms with Crippen molar-refractivity contribution in [3.8, 4) is 0 Å². The average Bonchev–Trinajstić information content (AvgIpc) is 1.63. The molecule has 0 unspecified atom stereocenters. The summed E-state index contributed by atoms with van der Waals surface area (Å²) >= 11 is 0. The average molecular weight is 170 g/mol. The zero-order valence-corrected chi connectivity index (χ0v) is 7.46. The van der Waals surface area contributed by atoms with Crippen LogP contribution in [0, 0.1) is 5.41 Å². The monoisotopic (exact) mass is 170 g/mol. The molecule has 0 spiro atoms. The van der Waals surface area contributed by atoms with Gasteiger partial charge in [0.2, 0.25) is 0 Å². The molecule has 10 heavy (non-hydrogen) atoms. The summed E-state index contributed by atoms with van der Waals surface area (Å²) < 4.78 is 8.74. The van der Waals surface area contributed by atoms with E-state index >= 15 is 0 Å². The van der Waals surface area contributed by atoms with Crippen molar-refractivity contribution in [1.29, 1.82) is 0 Å². The predicted octanol–water partition coefficient (Wildman–Crippen LogP) is 0.385. The lowest BCUT2D eigenvalue weighted by Crippen LogP contribution is -2.09. The summed E-state index contributed by atoms with van der Waals surface area (Å²) in [6, 6.07) is 0. The van der Waals surface area contributed by atoms with E-state index in [9.17, 15) is 0 Å². The topological polar surface area (TPSA) is 77.8 Å². The van der Waals surface area contributed by atoms with Gasteiger partial charge in [-0.15, -0.1) is 0 Å². The molecule has 5 heteroatoms. The lowest BCUT2D eigenvalue weighted by atomic mass is 9.99. The molecule has 3 N–H and O–H groups in total. The molecule has 0 bridgehead atoms. The number of aliphatic hydroxyl groups excluding tert-OH is 1. The van der Waals surface area contributed by atoms with E-state index in [2.05, 4.69) is 0 Å². The van der Waals surface area contributed by atoms with Crippen LogP contribution in [-0.4, -0.2) is 21.5 Å². The van der Waals surface area contributed by atoms with E-state index in [0.29, 0.717) is 0 Å². The van der Waals surface area contributed by atoms with E-state index in [4.69, 9.17) is 19.5 Å². The molecule has 0 aromatic carbocycles. The number of hydrogen-bond acceptors (Lipinski definition) is 2. The van der Waals surface area contributed by atoms with E-state index in [-0.39, 0.29) is 12.0 Å². The molecule has 0 aliphatic rings. The molecule has 0 aliphatic carbocycles. The normalized spacial score (nSPS) is 10.7. The van der Waals surface area contributed by atoms with E-state index < -0.39 is 8.25 Å². The van der Waals surface area contributed by atoms with Crippen molar-refractivity contribution in [3.05, 3.63) is 0 Å². The standard InChI is InChI=1S/C5H12O.H3O3P/c1-5(2,3)4-6;1-4(2)3/h6H,4H2,1-3H3;4H,(H2,1,2,3). The van der Waals surface area contributed by atoms with Gasteiger partial charge in [0.05, 0.1) is 0 Å². The fourth-order valence-corrected chi connectivity index (χ4v) is 0. The molecule has 4 nitrogen and oxygen atoms in total. The van der Waals surface area contributed by atoms with Crippen LogP contribution in [0.1, 0.15) is 20.8 Å². The minimum Gasteiger partial charge on any atom is -0.396 e. The highest BCUT2D eigenvalue weighted by atomic mass is 31.1. The molecule has 0 fully saturated rings. The van der Waals surface area contributed by atoms with Crippen LogP contribution in [0.4, 0.5) is 0 Å². The summed E-state index contributed by atoms with van der Waals surface area (Å²) in [6.07, 6.45) is 0. The first-order valence-electron chi connectivity index (χ1n) is 2.82. The van der Waals surface area contributed by atoms with E-state index in [0.717, 1.165) is 0 Å². The van der Waals surface area contributed by atoms with Gasteiger partial charge in [-0.25, -0.2) is 0 Å². The Hall–Kier alpha value is 0.110. The molecular weight excluding hydrogens is 155 g/mol. The summed E-state index contributed by atoms with van der Waals surface area (Å²) in [5.74, 6) is 0. The van der Waals surface area contributed by atoms with Gasteiger partial charge in [0.15, 0.2) is 0 Å². The molecule has 0 aromatic heterocycles. The molecule has 0 saturated heterocycles. The van der Waals surface area contributed by atoms with E-state index in [1.807, 2.05) is 20.8 Å². The maximum atomic E-state index is 8.74. The van der Waals surface area contributed by atoms with Gasteiger partial charge in [0.1, 0.15) is 0 Å². The third-order valence-electron chi connectivity index (χ3n) is 0.474. The summed E-state index contributed by atoms with van der Waals surface area (Å²) in [4.78, 5) is 14.3. The van der Waals surface area contributed by atoms with Gasteiger partial charge in [-0.2, -0.15) is 0 Å². The van der Waals surface area contributed by atoms with Crippen LogP contribution in [0.15, 0.2) is 0 Å². The summed E-state index contributed by atoms with van der Waals surface area (Å²) in [7, 11) is -3.13. The lowest BCUT2D eigenvalue weighted by Gasteiger charge is -2.11. The van der Waals surface area contributed by atoms with Crippen LogP contribution in [0.5, 0.6) is 0 Å². The second-order valence-corrected chi connectivity index (χ2v) is 3.57. The molecule has 0 rings (SSSR count). The highest BCUT2D eigenvalue weighted by molar-refractivity contribution is 7.30. The number of hydrogen-bond donors (Lipinski definition) is 3. The maximum absolute atomic E-state index is 8.74. The molecule has 0 aliphatic heterocycles. The fraction of sp³-hybridized carbons (Fsp3) is 1.00. The van der Waals surface area contributed by atoms with E-state index in [1.165, 1.54) is 0 Å². The number of rotatable bonds is 0. The quantitative estimate of drug-likeness (QED) is 0.459.